The first-order valence-corrected chi connectivity index (χ1v) is 10.1. The van der Waals surface area contributed by atoms with Gasteiger partial charge in [0, 0.05) is 0 Å². The van der Waals surface area contributed by atoms with E-state index >= 15 is 0 Å². The first kappa shape index (κ1) is 16.3. The van der Waals surface area contributed by atoms with Crippen molar-refractivity contribution in [2.45, 2.75) is 37.4 Å². The predicted octanol–water partition coefficient (Wildman–Crippen LogP) is 3.12. The van der Waals surface area contributed by atoms with Gasteiger partial charge in [0.2, 0.25) is 5.60 Å². The molecule has 4 rings (SSSR count). The molecule has 1 aliphatic heterocycles. The van der Waals surface area contributed by atoms with Gasteiger partial charge in [0.1, 0.15) is 6.10 Å². The summed E-state index contributed by atoms with van der Waals surface area (Å²) in [7, 11) is 0. The van der Waals surface area contributed by atoms with Crippen molar-refractivity contribution in [2.24, 2.45) is 5.41 Å². The second-order valence-electron chi connectivity index (χ2n) is 6.85. The summed E-state index contributed by atoms with van der Waals surface area (Å²) in [6, 6.07) is 7.28. The highest BCUT2D eigenvalue weighted by atomic mass is 32.1. The smallest absolute Gasteiger partial charge is 0.349 e. The first-order chi connectivity index (χ1) is 11.6. The highest BCUT2D eigenvalue weighted by Gasteiger charge is 2.50. The number of nitrogens with one attached hydrogen (secondary N) is 1. The third-order valence-electron chi connectivity index (χ3n) is 5.31. The van der Waals surface area contributed by atoms with E-state index < -0.39 is 11.6 Å². The minimum Gasteiger partial charge on any atom is -0.460 e. The van der Waals surface area contributed by atoms with E-state index in [0.29, 0.717) is 15.2 Å². The molecule has 128 valence electrons. The minimum absolute atomic E-state index is 0.0675. The van der Waals surface area contributed by atoms with Crippen LogP contribution in [-0.4, -0.2) is 30.3 Å². The Morgan fingerprint density at radius 3 is 2.25 bits per heavy atom. The van der Waals surface area contributed by atoms with Crippen LogP contribution in [-0.2, 0) is 15.1 Å². The summed E-state index contributed by atoms with van der Waals surface area (Å²) in [6.07, 6.45) is 4.08. The molecule has 0 radical (unpaired) electrons. The lowest BCUT2D eigenvalue weighted by atomic mass is 9.61. The highest BCUT2D eigenvalue weighted by Crippen LogP contribution is 2.50. The molecule has 2 N–H and O–H groups in total. The molecule has 2 aromatic heterocycles. The molecule has 2 aromatic rings. The normalized spacial score (nSPS) is 20.7. The van der Waals surface area contributed by atoms with Crippen LogP contribution in [0.25, 0.3) is 0 Å². The average molecular weight is 364 g/mol. The lowest BCUT2D eigenvalue weighted by Gasteiger charge is -2.49. The van der Waals surface area contributed by atoms with Gasteiger partial charge in [-0.05, 0) is 67.1 Å². The number of esters is 1. The molecule has 1 spiro atoms. The molecule has 0 amide bonds. The Balaban J connectivity index is 1.49. The molecular weight excluding hydrogens is 342 g/mol. The number of hydrogen-bond donors (Lipinski definition) is 2. The minimum atomic E-state index is -1.68. The molecule has 4 nitrogen and oxygen atoms in total. The van der Waals surface area contributed by atoms with Crippen molar-refractivity contribution in [3.63, 3.8) is 0 Å². The largest absolute Gasteiger partial charge is 0.460 e. The maximum atomic E-state index is 12.9. The number of hydrogen-bond acceptors (Lipinski definition) is 6. The van der Waals surface area contributed by atoms with Crippen LogP contribution in [0.3, 0.4) is 0 Å². The summed E-state index contributed by atoms with van der Waals surface area (Å²) < 4.78 is 5.73. The second kappa shape index (κ2) is 6.26. The summed E-state index contributed by atoms with van der Waals surface area (Å²) in [6.45, 7) is 2.10. The van der Waals surface area contributed by atoms with Crippen molar-refractivity contribution in [3.05, 3.63) is 44.8 Å². The van der Waals surface area contributed by atoms with Crippen LogP contribution in [0.1, 0.15) is 35.4 Å². The lowest BCUT2D eigenvalue weighted by Crippen LogP contribution is -2.51. The standard InChI is InChI=1S/C18H21NO3S2/c20-16(22-13-11-17(12-13)5-7-19-8-6-17)18(21,14-3-1-9-23-14)15-4-2-10-24-15/h1-4,9-10,13,19,21H,5-8,11-12H2. The van der Waals surface area contributed by atoms with Crippen molar-refractivity contribution in [3.8, 4) is 0 Å². The van der Waals surface area contributed by atoms with Crippen LogP contribution in [0.2, 0.25) is 0 Å². The fraction of sp³-hybridized carbons (Fsp3) is 0.500. The van der Waals surface area contributed by atoms with Gasteiger partial charge in [0.05, 0.1) is 9.75 Å². The fourth-order valence-electron chi connectivity index (χ4n) is 3.88. The third-order valence-corrected chi connectivity index (χ3v) is 7.27. The van der Waals surface area contributed by atoms with Gasteiger partial charge in [-0.25, -0.2) is 4.79 Å². The Bertz CT molecular complexity index is 648. The van der Waals surface area contributed by atoms with E-state index in [-0.39, 0.29) is 6.10 Å². The van der Waals surface area contributed by atoms with E-state index in [0.717, 1.165) is 38.8 Å². The molecule has 1 saturated heterocycles. The van der Waals surface area contributed by atoms with E-state index in [4.69, 9.17) is 4.74 Å². The van der Waals surface area contributed by atoms with Gasteiger partial charge in [-0.3, -0.25) is 0 Å². The number of ether oxygens (including phenoxy) is 1. The van der Waals surface area contributed by atoms with Crippen LogP contribution < -0.4 is 5.32 Å². The zero-order valence-electron chi connectivity index (χ0n) is 13.4. The van der Waals surface area contributed by atoms with Crippen molar-refractivity contribution in [1.29, 1.82) is 0 Å². The quantitative estimate of drug-likeness (QED) is 0.820. The molecule has 2 fully saturated rings. The molecule has 0 atom stereocenters. The lowest BCUT2D eigenvalue weighted by molar-refractivity contribution is -0.180. The van der Waals surface area contributed by atoms with Crippen LogP contribution in [0.15, 0.2) is 35.0 Å². The van der Waals surface area contributed by atoms with Gasteiger partial charge in [0.25, 0.3) is 0 Å². The summed E-state index contributed by atoms with van der Waals surface area (Å²) in [4.78, 5) is 14.1. The Morgan fingerprint density at radius 2 is 1.75 bits per heavy atom. The van der Waals surface area contributed by atoms with Crippen molar-refractivity contribution >= 4 is 28.6 Å². The number of aliphatic hydroxyl groups is 1. The number of piperidine rings is 1. The van der Waals surface area contributed by atoms with Gasteiger partial charge in [-0.1, -0.05) is 12.1 Å². The van der Waals surface area contributed by atoms with Crippen molar-refractivity contribution in [2.75, 3.05) is 13.1 Å². The molecule has 1 aliphatic carbocycles. The summed E-state index contributed by atoms with van der Waals surface area (Å²) in [5.41, 5.74) is -1.33. The second-order valence-corrected chi connectivity index (χ2v) is 8.75. The Hall–Kier alpha value is -1.21. The number of rotatable bonds is 4. The summed E-state index contributed by atoms with van der Waals surface area (Å²) in [5, 5.41) is 18.3. The van der Waals surface area contributed by atoms with Crippen molar-refractivity contribution < 1.29 is 14.6 Å². The van der Waals surface area contributed by atoms with Gasteiger partial charge in [-0.15, -0.1) is 22.7 Å². The van der Waals surface area contributed by atoms with E-state index in [1.165, 1.54) is 22.7 Å². The monoisotopic (exact) mass is 363 g/mol. The fourth-order valence-corrected chi connectivity index (χ4v) is 5.60. The molecule has 0 aromatic carbocycles. The first-order valence-electron chi connectivity index (χ1n) is 8.35. The van der Waals surface area contributed by atoms with Gasteiger partial charge < -0.3 is 15.2 Å². The van der Waals surface area contributed by atoms with Crippen LogP contribution >= 0.6 is 22.7 Å². The summed E-state index contributed by atoms with van der Waals surface area (Å²) >= 11 is 2.76. The highest BCUT2D eigenvalue weighted by molar-refractivity contribution is 7.12. The molecule has 3 heterocycles. The molecular formula is C18H21NO3S2. The zero-order valence-corrected chi connectivity index (χ0v) is 15.0. The van der Waals surface area contributed by atoms with Crippen molar-refractivity contribution in [1.82, 2.24) is 5.32 Å². The zero-order chi connectivity index (χ0) is 16.6. The molecule has 24 heavy (non-hydrogen) atoms. The molecule has 0 bridgehead atoms. The number of carbonyl (C=O) groups is 1. The van der Waals surface area contributed by atoms with E-state index in [2.05, 4.69) is 5.32 Å². The average Bonchev–Trinajstić information content (AvgIpc) is 3.27. The predicted molar refractivity (Wildman–Crippen MR) is 95.3 cm³/mol. The number of thiophene rings is 2. The third kappa shape index (κ3) is 2.71. The van der Waals surface area contributed by atoms with Gasteiger partial charge in [0.15, 0.2) is 0 Å². The van der Waals surface area contributed by atoms with Crippen LogP contribution in [0, 0.1) is 5.41 Å². The topological polar surface area (TPSA) is 58.6 Å². The molecule has 6 heteroatoms. The van der Waals surface area contributed by atoms with E-state index in [1.807, 2.05) is 22.9 Å². The summed E-state index contributed by atoms with van der Waals surface area (Å²) in [5.74, 6) is -0.541. The molecule has 2 aliphatic rings. The van der Waals surface area contributed by atoms with Gasteiger partial charge >= 0.3 is 5.97 Å². The Kier molecular flexibility index (Phi) is 4.24. The maximum absolute atomic E-state index is 12.9. The Labute approximate surface area is 149 Å². The van der Waals surface area contributed by atoms with Crippen LogP contribution in [0.4, 0.5) is 0 Å². The van der Waals surface area contributed by atoms with E-state index in [1.54, 1.807) is 12.1 Å². The SMILES string of the molecule is O=C(OC1CC2(CCNCC2)C1)C(O)(c1cccs1)c1cccs1. The molecule has 1 saturated carbocycles. The van der Waals surface area contributed by atoms with E-state index in [9.17, 15) is 9.90 Å². The number of carbonyl (C=O) groups excluding carboxylic acids is 1. The van der Waals surface area contributed by atoms with Gasteiger partial charge in [-0.2, -0.15) is 0 Å². The van der Waals surface area contributed by atoms with Crippen LogP contribution in [0.5, 0.6) is 0 Å². The molecule has 0 unspecified atom stereocenters. The Morgan fingerprint density at radius 1 is 1.17 bits per heavy atom. The maximum Gasteiger partial charge on any atom is 0.349 e.